The third-order valence-electron chi connectivity index (χ3n) is 6.74. The number of nitrogens with one attached hydrogen (secondary N) is 3. The van der Waals surface area contributed by atoms with E-state index in [1.807, 2.05) is 47.4 Å². The predicted octanol–water partition coefficient (Wildman–Crippen LogP) is 1.25. The van der Waals surface area contributed by atoms with E-state index in [1.54, 1.807) is 29.2 Å². The van der Waals surface area contributed by atoms with Crippen LogP contribution < -0.4 is 20.8 Å². The Kier molecular flexibility index (Phi) is 6.25. The fourth-order valence-corrected chi connectivity index (χ4v) is 4.90. The van der Waals surface area contributed by atoms with Crippen LogP contribution in [-0.4, -0.2) is 48.9 Å². The minimum Gasteiger partial charge on any atom is -0.628 e. The third-order valence-corrected chi connectivity index (χ3v) is 6.74. The third kappa shape index (κ3) is 4.12. The van der Waals surface area contributed by atoms with Crippen molar-refractivity contribution in [3.63, 3.8) is 0 Å². The van der Waals surface area contributed by atoms with Gasteiger partial charge in [-0.2, -0.15) is 0 Å². The zero-order chi connectivity index (χ0) is 25.3. The summed E-state index contributed by atoms with van der Waals surface area (Å²) in [7, 11) is 0. The van der Waals surface area contributed by atoms with Gasteiger partial charge in [-0.1, -0.05) is 54.6 Å². The number of barbiturate groups is 1. The fraction of sp³-hybridized carbons (Fsp3) is 0.192. The van der Waals surface area contributed by atoms with Gasteiger partial charge in [0.05, 0.1) is 0 Å². The van der Waals surface area contributed by atoms with Crippen LogP contribution in [-0.2, 0) is 15.1 Å². The average Bonchev–Trinajstić information content (AvgIpc) is 2.90. The van der Waals surface area contributed by atoms with Crippen molar-refractivity contribution in [1.29, 1.82) is 0 Å². The maximum Gasteiger partial charge on any atom is 0.328 e. The molecule has 0 spiro atoms. The SMILES string of the molecule is O=C1NC(=O)C(c2ccc(-c3ccccc3)cc2)(N2CCN(c3ccc([NH+]([O-])[O-])cc3)CC2)C(=O)N1. The number of rotatable bonds is 5. The first-order valence-corrected chi connectivity index (χ1v) is 11.5. The molecule has 0 aliphatic carbocycles. The van der Waals surface area contributed by atoms with Crippen molar-refractivity contribution in [2.75, 3.05) is 31.1 Å². The van der Waals surface area contributed by atoms with E-state index in [0.29, 0.717) is 31.7 Å². The van der Waals surface area contributed by atoms with E-state index in [4.69, 9.17) is 0 Å². The molecule has 0 saturated carbocycles. The van der Waals surface area contributed by atoms with Gasteiger partial charge in [0.25, 0.3) is 11.8 Å². The molecule has 0 radical (unpaired) electrons. The Morgan fingerprint density at radius 2 is 1.25 bits per heavy atom. The minimum atomic E-state index is -1.70. The second kappa shape index (κ2) is 9.51. The summed E-state index contributed by atoms with van der Waals surface area (Å²) < 4.78 is 0. The highest BCUT2D eigenvalue weighted by Gasteiger charge is 2.56. The van der Waals surface area contributed by atoms with Crippen LogP contribution >= 0.6 is 0 Å². The highest BCUT2D eigenvalue weighted by molar-refractivity contribution is 6.22. The molecule has 3 aromatic carbocycles. The van der Waals surface area contributed by atoms with E-state index in [0.717, 1.165) is 16.8 Å². The van der Waals surface area contributed by atoms with E-state index < -0.39 is 28.6 Å². The molecule has 2 heterocycles. The van der Waals surface area contributed by atoms with Gasteiger partial charge in [-0.25, -0.2) is 4.79 Å². The highest BCUT2D eigenvalue weighted by Crippen LogP contribution is 2.34. The van der Waals surface area contributed by atoms with Gasteiger partial charge in [0, 0.05) is 44.0 Å². The number of carbonyl (C=O) groups is 3. The lowest BCUT2D eigenvalue weighted by atomic mass is 9.83. The Bertz CT molecular complexity index is 1250. The van der Waals surface area contributed by atoms with E-state index in [2.05, 4.69) is 10.6 Å². The highest BCUT2D eigenvalue weighted by atomic mass is 16.8. The number of amides is 4. The van der Waals surface area contributed by atoms with Crippen LogP contribution in [0.2, 0.25) is 0 Å². The van der Waals surface area contributed by atoms with Gasteiger partial charge >= 0.3 is 6.03 Å². The van der Waals surface area contributed by atoms with Crippen LogP contribution in [0, 0.1) is 10.4 Å². The molecule has 10 heteroatoms. The molecule has 3 aromatic rings. The average molecular weight is 487 g/mol. The Labute approximate surface area is 207 Å². The van der Waals surface area contributed by atoms with Gasteiger partial charge in [-0.15, -0.1) is 0 Å². The number of hydrogen-bond acceptors (Lipinski definition) is 7. The lowest BCUT2D eigenvalue weighted by Crippen LogP contribution is -2.96. The summed E-state index contributed by atoms with van der Waals surface area (Å²) in [6.07, 6.45) is 0. The maximum absolute atomic E-state index is 13.3. The summed E-state index contributed by atoms with van der Waals surface area (Å²) in [5.74, 6) is -1.37. The number of piperazine rings is 1. The standard InChI is InChI=1S/C26H24N5O5/c32-23-26(24(33)28-25(34)27-23,20-8-6-19(7-9-20)18-4-2-1-3-5-18)30-16-14-29(15-17-30)21-10-12-22(13-11-21)31(35)36/h1-13,31H,14-17H2,(H2,27,28,32,33,34)/q-1. The zero-order valence-electron chi connectivity index (χ0n) is 19.3. The van der Waals surface area contributed by atoms with E-state index in [-0.39, 0.29) is 5.69 Å². The minimum absolute atomic E-state index is 0.0931. The zero-order valence-corrected chi connectivity index (χ0v) is 19.3. The molecule has 5 rings (SSSR count). The molecule has 2 aliphatic rings. The maximum atomic E-state index is 13.3. The molecule has 4 amide bonds. The topological polar surface area (TPSA) is 132 Å². The monoisotopic (exact) mass is 486 g/mol. The summed E-state index contributed by atoms with van der Waals surface area (Å²) in [6, 6.07) is 22.5. The Morgan fingerprint density at radius 1 is 0.694 bits per heavy atom. The first-order valence-electron chi connectivity index (χ1n) is 11.5. The second-order valence-corrected chi connectivity index (χ2v) is 8.70. The first-order chi connectivity index (χ1) is 17.4. The summed E-state index contributed by atoms with van der Waals surface area (Å²) in [6.45, 7) is 1.70. The lowest BCUT2D eigenvalue weighted by Gasteiger charge is -2.47. The van der Waals surface area contributed by atoms with Gasteiger partial charge < -0.3 is 20.5 Å². The molecule has 0 atom stereocenters. The van der Waals surface area contributed by atoms with Crippen molar-refractivity contribution in [3.05, 3.63) is 94.8 Å². The fourth-order valence-electron chi connectivity index (χ4n) is 4.90. The summed E-state index contributed by atoms with van der Waals surface area (Å²) in [5, 5.41) is 25.4. The van der Waals surface area contributed by atoms with Gasteiger partial charge in [-0.3, -0.25) is 25.1 Å². The van der Waals surface area contributed by atoms with Crippen molar-refractivity contribution in [1.82, 2.24) is 15.5 Å². The van der Waals surface area contributed by atoms with Crippen molar-refractivity contribution in [2.45, 2.75) is 5.54 Å². The number of urea groups is 1. The van der Waals surface area contributed by atoms with E-state index >= 15 is 0 Å². The van der Waals surface area contributed by atoms with Crippen molar-refractivity contribution < 1.29 is 19.6 Å². The lowest BCUT2D eigenvalue weighted by molar-refractivity contribution is -0.715. The summed E-state index contributed by atoms with van der Waals surface area (Å²) in [5.41, 5.74) is 1.63. The van der Waals surface area contributed by atoms with Crippen LogP contribution in [0.15, 0.2) is 78.9 Å². The van der Waals surface area contributed by atoms with Gasteiger partial charge in [0.1, 0.15) is 5.69 Å². The molecular weight excluding hydrogens is 462 g/mol. The van der Waals surface area contributed by atoms with Crippen molar-refractivity contribution in [3.8, 4) is 11.1 Å². The summed E-state index contributed by atoms with van der Waals surface area (Å²) >= 11 is 0. The van der Waals surface area contributed by atoms with Crippen LogP contribution in [0.25, 0.3) is 11.1 Å². The number of hydrogen-bond donors (Lipinski definition) is 3. The molecular formula is C26H24N5O5-. The molecule has 2 saturated heterocycles. The normalized spacial score (nSPS) is 18.2. The first kappa shape index (κ1) is 23.6. The number of carbonyl (C=O) groups excluding carboxylic acids is 3. The van der Waals surface area contributed by atoms with Gasteiger partial charge in [-0.05, 0) is 28.8 Å². The molecule has 0 unspecified atom stereocenters. The Hall–Kier alpha value is -4.09. The largest absolute Gasteiger partial charge is 0.628 e. The molecule has 0 aromatic heterocycles. The van der Waals surface area contributed by atoms with Crippen LogP contribution in [0.4, 0.5) is 16.2 Å². The molecule has 10 nitrogen and oxygen atoms in total. The molecule has 2 fully saturated rings. The predicted molar refractivity (Wildman–Crippen MR) is 133 cm³/mol. The van der Waals surface area contributed by atoms with E-state index in [9.17, 15) is 24.8 Å². The number of anilines is 1. The molecule has 0 bridgehead atoms. The summed E-state index contributed by atoms with van der Waals surface area (Å²) in [4.78, 5) is 42.4. The van der Waals surface area contributed by atoms with E-state index in [1.165, 1.54) is 12.1 Å². The molecule has 184 valence electrons. The smallest absolute Gasteiger partial charge is 0.328 e. The molecule has 36 heavy (non-hydrogen) atoms. The van der Waals surface area contributed by atoms with Gasteiger partial charge in [0.15, 0.2) is 0 Å². The van der Waals surface area contributed by atoms with Gasteiger partial charge in [0.2, 0.25) is 5.54 Å². The van der Waals surface area contributed by atoms with Crippen molar-refractivity contribution >= 4 is 29.2 Å². The number of nitrogens with zero attached hydrogens (tertiary/aromatic N) is 2. The number of imide groups is 2. The Morgan fingerprint density at radius 3 is 1.81 bits per heavy atom. The van der Waals surface area contributed by atoms with Crippen LogP contribution in [0.5, 0.6) is 0 Å². The van der Waals surface area contributed by atoms with Crippen LogP contribution in [0.3, 0.4) is 0 Å². The molecule has 2 aliphatic heterocycles. The Balaban J connectivity index is 1.43. The van der Waals surface area contributed by atoms with Crippen molar-refractivity contribution in [2.24, 2.45) is 0 Å². The molecule has 3 N–H and O–H groups in total. The second-order valence-electron chi connectivity index (χ2n) is 8.70. The quantitative estimate of drug-likeness (QED) is 0.365. The number of benzene rings is 3. The number of quaternary nitrogens is 1. The van der Waals surface area contributed by atoms with Crippen LogP contribution in [0.1, 0.15) is 5.56 Å².